The van der Waals surface area contributed by atoms with Crippen molar-refractivity contribution in [3.63, 3.8) is 0 Å². The number of nitrogens with one attached hydrogen (secondary N) is 1. The summed E-state index contributed by atoms with van der Waals surface area (Å²) >= 11 is 0. The Morgan fingerprint density at radius 2 is 2.33 bits per heavy atom. The molecule has 15 heavy (non-hydrogen) atoms. The quantitative estimate of drug-likeness (QED) is 0.679. The fraction of sp³-hybridized carbons (Fsp3) is 0.667. The van der Waals surface area contributed by atoms with Crippen molar-refractivity contribution in [2.75, 3.05) is 13.2 Å². The number of hydrogen-bond donors (Lipinski definition) is 2. The van der Waals surface area contributed by atoms with E-state index in [1.165, 1.54) is 5.56 Å². The molecule has 1 unspecified atom stereocenters. The van der Waals surface area contributed by atoms with Crippen molar-refractivity contribution >= 4 is 0 Å². The van der Waals surface area contributed by atoms with Crippen LogP contribution in [0.1, 0.15) is 31.1 Å². The van der Waals surface area contributed by atoms with Gasteiger partial charge in [-0.3, -0.25) is 0 Å². The van der Waals surface area contributed by atoms with E-state index in [2.05, 4.69) is 12.2 Å². The van der Waals surface area contributed by atoms with E-state index in [4.69, 9.17) is 9.52 Å². The third kappa shape index (κ3) is 4.49. The summed E-state index contributed by atoms with van der Waals surface area (Å²) in [5.74, 6) is 1.43. The van der Waals surface area contributed by atoms with Crippen molar-refractivity contribution in [3.05, 3.63) is 23.7 Å². The Bertz CT molecular complexity index is 270. The van der Waals surface area contributed by atoms with Gasteiger partial charge in [-0.05, 0) is 43.9 Å². The highest BCUT2D eigenvalue weighted by atomic mass is 16.3. The third-order valence-corrected chi connectivity index (χ3v) is 2.62. The van der Waals surface area contributed by atoms with Gasteiger partial charge in [0.2, 0.25) is 0 Å². The second-order valence-corrected chi connectivity index (χ2v) is 4.13. The summed E-state index contributed by atoms with van der Waals surface area (Å²) < 4.78 is 5.31. The molecule has 1 aromatic rings. The largest absolute Gasteiger partial charge is 0.468 e. The smallest absolute Gasteiger partial charge is 0.120 e. The molecule has 3 nitrogen and oxygen atoms in total. The molecule has 0 aromatic carbocycles. The minimum atomic E-state index is 0.289. The van der Waals surface area contributed by atoms with Gasteiger partial charge in [0, 0.05) is 6.61 Å². The standard InChI is InChI=1S/C12H21NO2/c1-10(9-14)4-3-6-13-8-12-11(2)5-7-15-12/h5,7,10,13-14H,3-4,6,8-9H2,1-2H3. The van der Waals surface area contributed by atoms with Crippen LogP contribution < -0.4 is 5.32 Å². The lowest BCUT2D eigenvalue weighted by atomic mass is 10.1. The molecule has 0 spiro atoms. The van der Waals surface area contributed by atoms with Crippen molar-refractivity contribution in [1.29, 1.82) is 0 Å². The average Bonchev–Trinajstić information content (AvgIpc) is 2.63. The van der Waals surface area contributed by atoms with E-state index in [0.717, 1.165) is 31.7 Å². The van der Waals surface area contributed by atoms with Crippen LogP contribution in [0.2, 0.25) is 0 Å². The molecule has 0 bridgehead atoms. The average molecular weight is 211 g/mol. The van der Waals surface area contributed by atoms with Gasteiger partial charge in [0.15, 0.2) is 0 Å². The maximum absolute atomic E-state index is 8.84. The summed E-state index contributed by atoms with van der Waals surface area (Å²) in [5, 5.41) is 12.2. The van der Waals surface area contributed by atoms with Crippen LogP contribution in [-0.2, 0) is 6.54 Å². The Balaban J connectivity index is 2.05. The van der Waals surface area contributed by atoms with Gasteiger partial charge in [-0.25, -0.2) is 0 Å². The summed E-state index contributed by atoms with van der Waals surface area (Å²) in [6.45, 7) is 6.18. The lowest BCUT2D eigenvalue weighted by molar-refractivity contribution is 0.228. The van der Waals surface area contributed by atoms with Crippen molar-refractivity contribution in [2.24, 2.45) is 5.92 Å². The van der Waals surface area contributed by atoms with Gasteiger partial charge in [-0.1, -0.05) is 6.92 Å². The van der Waals surface area contributed by atoms with E-state index >= 15 is 0 Å². The molecule has 0 saturated carbocycles. The van der Waals surface area contributed by atoms with Gasteiger partial charge in [0.25, 0.3) is 0 Å². The summed E-state index contributed by atoms with van der Waals surface area (Å²) in [6, 6.07) is 1.98. The molecule has 0 aliphatic heterocycles. The molecular weight excluding hydrogens is 190 g/mol. The SMILES string of the molecule is Cc1ccoc1CNCCCC(C)CO. The molecule has 0 fully saturated rings. The zero-order valence-corrected chi connectivity index (χ0v) is 9.62. The molecular formula is C12H21NO2. The van der Waals surface area contributed by atoms with Crippen LogP contribution >= 0.6 is 0 Å². The third-order valence-electron chi connectivity index (χ3n) is 2.62. The molecule has 1 rings (SSSR count). The number of aliphatic hydroxyl groups is 1. The molecule has 1 aromatic heterocycles. The molecule has 0 saturated heterocycles. The lowest BCUT2D eigenvalue weighted by Gasteiger charge is -2.07. The maximum Gasteiger partial charge on any atom is 0.120 e. The topological polar surface area (TPSA) is 45.4 Å². The fourth-order valence-corrected chi connectivity index (χ4v) is 1.45. The van der Waals surface area contributed by atoms with Crippen LogP contribution in [0.3, 0.4) is 0 Å². The first-order valence-corrected chi connectivity index (χ1v) is 5.58. The van der Waals surface area contributed by atoms with E-state index in [1.54, 1.807) is 6.26 Å². The second kappa shape index (κ2) is 6.64. The van der Waals surface area contributed by atoms with Crippen LogP contribution in [0, 0.1) is 12.8 Å². The number of rotatable bonds is 7. The van der Waals surface area contributed by atoms with Crippen LogP contribution in [0.4, 0.5) is 0 Å². The van der Waals surface area contributed by atoms with Gasteiger partial charge >= 0.3 is 0 Å². The first-order chi connectivity index (χ1) is 7.24. The molecule has 0 amide bonds. The number of aliphatic hydroxyl groups excluding tert-OH is 1. The van der Waals surface area contributed by atoms with Gasteiger partial charge in [-0.15, -0.1) is 0 Å². The van der Waals surface area contributed by atoms with Crippen molar-refractivity contribution < 1.29 is 9.52 Å². The van der Waals surface area contributed by atoms with E-state index < -0.39 is 0 Å². The van der Waals surface area contributed by atoms with E-state index in [0.29, 0.717) is 5.92 Å². The highest BCUT2D eigenvalue weighted by Crippen LogP contribution is 2.08. The number of aryl methyl sites for hydroxylation is 1. The Kier molecular flexibility index (Phi) is 5.43. The molecule has 0 radical (unpaired) electrons. The predicted octanol–water partition coefficient (Wildman–Crippen LogP) is 2.09. The normalized spacial score (nSPS) is 13.0. The summed E-state index contributed by atoms with van der Waals surface area (Å²) in [7, 11) is 0. The fourth-order valence-electron chi connectivity index (χ4n) is 1.45. The summed E-state index contributed by atoms with van der Waals surface area (Å²) in [6.07, 6.45) is 3.89. The Hall–Kier alpha value is -0.800. The van der Waals surface area contributed by atoms with Gasteiger partial charge in [0.05, 0.1) is 12.8 Å². The molecule has 0 aliphatic rings. The first-order valence-electron chi connectivity index (χ1n) is 5.58. The van der Waals surface area contributed by atoms with E-state index in [1.807, 2.05) is 13.0 Å². The summed E-state index contributed by atoms with van der Waals surface area (Å²) in [5.41, 5.74) is 1.20. The molecule has 3 heteroatoms. The van der Waals surface area contributed by atoms with Crippen LogP contribution in [0.15, 0.2) is 16.7 Å². The molecule has 86 valence electrons. The highest BCUT2D eigenvalue weighted by molar-refractivity contribution is 5.13. The molecule has 1 atom stereocenters. The minimum Gasteiger partial charge on any atom is -0.468 e. The summed E-state index contributed by atoms with van der Waals surface area (Å²) in [4.78, 5) is 0. The monoisotopic (exact) mass is 211 g/mol. The lowest BCUT2D eigenvalue weighted by Crippen LogP contribution is -2.16. The Morgan fingerprint density at radius 3 is 2.93 bits per heavy atom. The minimum absolute atomic E-state index is 0.289. The second-order valence-electron chi connectivity index (χ2n) is 4.13. The Morgan fingerprint density at radius 1 is 1.53 bits per heavy atom. The highest BCUT2D eigenvalue weighted by Gasteiger charge is 2.01. The van der Waals surface area contributed by atoms with Crippen LogP contribution in [0.25, 0.3) is 0 Å². The molecule has 0 aliphatic carbocycles. The van der Waals surface area contributed by atoms with E-state index in [9.17, 15) is 0 Å². The first kappa shape index (κ1) is 12.3. The number of hydrogen-bond acceptors (Lipinski definition) is 3. The van der Waals surface area contributed by atoms with Crippen LogP contribution in [-0.4, -0.2) is 18.3 Å². The maximum atomic E-state index is 8.84. The van der Waals surface area contributed by atoms with Crippen molar-refractivity contribution in [2.45, 2.75) is 33.2 Å². The van der Waals surface area contributed by atoms with Crippen LogP contribution in [0.5, 0.6) is 0 Å². The molecule has 2 N–H and O–H groups in total. The van der Waals surface area contributed by atoms with Crippen molar-refractivity contribution in [1.82, 2.24) is 5.32 Å². The zero-order chi connectivity index (χ0) is 11.1. The number of furan rings is 1. The predicted molar refractivity (Wildman–Crippen MR) is 60.6 cm³/mol. The van der Waals surface area contributed by atoms with E-state index in [-0.39, 0.29) is 6.61 Å². The van der Waals surface area contributed by atoms with Gasteiger partial charge < -0.3 is 14.8 Å². The van der Waals surface area contributed by atoms with Crippen molar-refractivity contribution in [3.8, 4) is 0 Å². The Labute approximate surface area is 91.5 Å². The van der Waals surface area contributed by atoms with Gasteiger partial charge in [-0.2, -0.15) is 0 Å². The zero-order valence-electron chi connectivity index (χ0n) is 9.62. The van der Waals surface area contributed by atoms with Gasteiger partial charge in [0.1, 0.15) is 5.76 Å². The molecule has 1 heterocycles.